The Morgan fingerprint density at radius 2 is 1.74 bits per heavy atom. The predicted octanol–water partition coefficient (Wildman–Crippen LogP) is 4.03. The van der Waals surface area contributed by atoms with Crippen LogP contribution in [0.3, 0.4) is 0 Å². The largest absolute Gasteiger partial charge is 0.285 e. The summed E-state index contributed by atoms with van der Waals surface area (Å²) >= 11 is 0. The van der Waals surface area contributed by atoms with Gasteiger partial charge in [-0.15, -0.1) is 0 Å². The minimum atomic E-state index is -0.440. The van der Waals surface area contributed by atoms with E-state index < -0.39 is 5.54 Å². The smallest absolute Gasteiger partial charge is 0.103 e. The number of benzene rings is 1. The molecular weight excluding hydrogens is 232 g/mol. The Morgan fingerprint density at radius 1 is 1.16 bits per heavy atom. The summed E-state index contributed by atoms with van der Waals surface area (Å²) in [5.74, 6) is 0. The summed E-state index contributed by atoms with van der Waals surface area (Å²) in [4.78, 5) is 2.10. The van der Waals surface area contributed by atoms with Gasteiger partial charge in [0.2, 0.25) is 0 Å². The van der Waals surface area contributed by atoms with Gasteiger partial charge in [-0.2, -0.15) is 5.26 Å². The van der Waals surface area contributed by atoms with Gasteiger partial charge in [0, 0.05) is 6.54 Å². The summed E-state index contributed by atoms with van der Waals surface area (Å²) in [7, 11) is 2.01. The second kappa shape index (κ2) is 5.35. The van der Waals surface area contributed by atoms with E-state index in [1.54, 1.807) is 0 Å². The van der Waals surface area contributed by atoms with E-state index in [0.717, 1.165) is 6.54 Å². The van der Waals surface area contributed by atoms with E-state index in [0.29, 0.717) is 0 Å². The molecule has 0 spiro atoms. The maximum Gasteiger partial charge on any atom is 0.103 e. The van der Waals surface area contributed by atoms with E-state index in [1.165, 1.54) is 16.7 Å². The maximum atomic E-state index is 9.20. The second-order valence-electron chi connectivity index (χ2n) is 6.92. The van der Waals surface area contributed by atoms with E-state index in [4.69, 9.17) is 0 Å². The third-order valence-electron chi connectivity index (χ3n) is 3.85. The van der Waals surface area contributed by atoms with Gasteiger partial charge >= 0.3 is 0 Å². The van der Waals surface area contributed by atoms with Crippen molar-refractivity contribution in [1.29, 1.82) is 5.26 Å². The van der Waals surface area contributed by atoms with Gasteiger partial charge in [0.1, 0.15) is 5.54 Å². The molecule has 0 radical (unpaired) electrons. The van der Waals surface area contributed by atoms with Gasteiger partial charge in [-0.05, 0) is 49.9 Å². The summed E-state index contributed by atoms with van der Waals surface area (Å²) in [5, 5.41) is 9.20. The van der Waals surface area contributed by atoms with Crippen LogP contribution in [0.4, 0.5) is 0 Å². The Hall–Kier alpha value is -1.33. The van der Waals surface area contributed by atoms with Gasteiger partial charge in [-0.1, -0.05) is 39.0 Å². The van der Waals surface area contributed by atoms with E-state index in [2.05, 4.69) is 56.9 Å². The number of nitriles is 1. The first-order valence-electron chi connectivity index (χ1n) is 6.80. The molecule has 1 aromatic rings. The van der Waals surface area contributed by atoms with Gasteiger partial charge in [0.05, 0.1) is 6.07 Å². The van der Waals surface area contributed by atoms with Crippen LogP contribution >= 0.6 is 0 Å². The lowest BCUT2D eigenvalue weighted by Gasteiger charge is -2.30. The number of hydrogen-bond acceptors (Lipinski definition) is 2. The predicted molar refractivity (Wildman–Crippen MR) is 81.0 cm³/mol. The summed E-state index contributed by atoms with van der Waals surface area (Å²) in [6.45, 7) is 13.5. The first kappa shape index (κ1) is 15.7. The van der Waals surface area contributed by atoms with Crippen LogP contribution in [0.1, 0.15) is 51.3 Å². The molecule has 0 saturated carbocycles. The molecule has 0 amide bonds. The molecule has 0 aliphatic rings. The van der Waals surface area contributed by atoms with Crippen LogP contribution in [0.2, 0.25) is 0 Å². The molecule has 19 heavy (non-hydrogen) atoms. The molecule has 104 valence electrons. The Morgan fingerprint density at radius 3 is 2.21 bits per heavy atom. The lowest BCUT2D eigenvalue weighted by atomic mass is 9.85. The highest BCUT2D eigenvalue weighted by Gasteiger charge is 2.23. The first-order chi connectivity index (χ1) is 8.58. The van der Waals surface area contributed by atoms with Crippen molar-refractivity contribution in [3.8, 4) is 6.07 Å². The van der Waals surface area contributed by atoms with Gasteiger partial charge < -0.3 is 0 Å². The molecule has 0 unspecified atom stereocenters. The van der Waals surface area contributed by atoms with Crippen molar-refractivity contribution in [2.75, 3.05) is 7.05 Å². The zero-order valence-electron chi connectivity index (χ0n) is 13.3. The average molecular weight is 258 g/mol. The highest BCUT2D eigenvalue weighted by Crippen LogP contribution is 2.26. The quantitative estimate of drug-likeness (QED) is 0.818. The van der Waals surface area contributed by atoms with Gasteiger partial charge in [-0.25, -0.2) is 0 Å². The van der Waals surface area contributed by atoms with Crippen molar-refractivity contribution < 1.29 is 0 Å². The fourth-order valence-electron chi connectivity index (χ4n) is 1.85. The van der Waals surface area contributed by atoms with Crippen molar-refractivity contribution in [2.45, 2.75) is 59.0 Å². The average Bonchev–Trinajstić information content (AvgIpc) is 2.30. The van der Waals surface area contributed by atoms with Gasteiger partial charge in [-0.3, -0.25) is 4.90 Å². The van der Waals surface area contributed by atoms with Crippen LogP contribution < -0.4 is 0 Å². The number of hydrogen-bond donors (Lipinski definition) is 0. The zero-order chi connectivity index (χ0) is 14.8. The monoisotopic (exact) mass is 258 g/mol. The normalized spacial score (nSPS) is 12.6. The molecule has 0 N–H and O–H groups in total. The third-order valence-corrected chi connectivity index (χ3v) is 3.85. The lowest BCUT2D eigenvalue weighted by Crippen LogP contribution is -2.39. The van der Waals surface area contributed by atoms with Crippen molar-refractivity contribution in [3.63, 3.8) is 0 Å². The van der Waals surface area contributed by atoms with Crippen LogP contribution in [0, 0.1) is 18.3 Å². The van der Waals surface area contributed by atoms with E-state index >= 15 is 0 Å². The molecular formula is C17H26N2. The number of nitrogens with zero attached hydrogens (tertiary/aromatic N) is 2. The molecule has 0 aromatic heterocycles. The lowest BCUT2D eigenvalue weighted by molar-refractivity contribution is 0.202. The van der Waals surface area contributed by atoms with Crippen molar-refractivity contribution >= 4 is 0 Å². The van der Waals surface area contributed by atoms with Crippen molar-refractivity contribution in [1.82, 2.24) is 4.90 Å². The molecule has 0 aliphatic heterocycles. The summed E-state index contributed by atoms with van der Waals surface area (Å²) in [6.07, 6.45) is 0. The van der Waals surface area contributed by atoms with Crippen LogP contribution in [-0.2, 0) is 12.0 Å². The maximum absolute atomic E-state index is 9.20. The van der Waals surface area contributed by atoms with E-state index in [1.807, 2.05) is 20.9 Å². The Bertz CT molecular complexity index is 487. The molecule has 0 fully saturated rings. The topological polar surface area (TPSA) is 27.0 Å². The highest BCUT2D eigenvalue weighted by atomic mass is 15.2. The van der Waals surface area contributed by atoms with Crippen LogP contribution in [-0.4, -0.2) is 17.5 Å². The molecule has 0 bridgehead atoms. The zero-order valence-corrected chi connectivity index (χ0v) is 13.3. The molecule has 0 saturated heterocycles. The molecule has 0 heterocycles. The fourth-order valence-corrected chi connectivity index (χ4v) is 1.85. The van der Waals surface area contributed by atoms with Gasteiger partial charge in [0.25, 0.3) is 0 Å². The summed E-state index contributed by atoms with van der Waals surface area (Å²) in [6, 6.07) is 9.01. The fraction of sp³-hybridized carbons (Fsp3) is 0.588. The standard InChI is InChI=1S/C17H26N2/c1-13-8-9-15(16(2,3)4)10-14(13)11-19(7)17(5,6)12-18/h8-10H,11H2,1-7H3. The van der Waals surface area contributed by atoms with Crippen LogP contribution in [0.25, 0.3) is 0 Å². The summed E-state index contributed by atoms with van der Waals surface area (Å²) < 4.78 is 0. The van der Waals surface area contributed by atoms with E-state index in [-0.39, 0.29) is 5.41 Å². The SMILES string of the molecule is Cc1ccc(C(C)(C)C)cc1CN(C)C(C)(C)C#N. The third kappa shape index (κ3) is 3.81. The van der Waals surface area contributed by atoms with Crippen molar-refractivity contribution in [2.24, 2.45) is 0 Å². The molecule has 2 nitrogen and oxygen atoms in total. The van der Waals surface area contributed by atoms with Crippen LogP contribution in [0.5, 0.6) is 0 Å². The van der Waals surface area contributed by atoms with Gasteiger partial charge in [0.15, 0.2) is 0 Å². The van der Waals surface area contributed by atoms with Crippen molar-refractivity contribution in [3.05, 3.63) is 34.9 Å². The number of aryl methyl sites for hydroxylation is 1. The summed E-state index contributed by atoms with van der Waals surface area (Å²) in [5.41, 5.74) is 3.65. The molecule has 1 aromatic carbocycles. The minimum Gasteiger partial charge on any atom is -0.285 e. The Labute approximate surface area is 118 Å². The van der Waals surface area contributed by atoms with E-state index in [9.17, 15) is 5.26 Å². The molecule has 0 atom stereocenters. The molecule has 1 rings (SSSR count). The minimum absolute atomic E-state index is 0.158. The molecule has 2 heteroatoms. The highest BCUT2D eigenvalue weighted by molar-refractivity contribution is 5.34. The second-order valence-corrected chi connectivity index (χ2v) is 6.92. The Kier molecular flexibility index (Phi) is 4.43. The number of rotatable bonds is 3. The molecule has 0 aliphatic carbocycles. The Balaban J connectivity index is 3.06. The first-order valence-corrected chi connectivity index (χ1v) is 6.80. The van der Waals surface area contributed by atoms with Crippen LogP contribution in [0.15, 0.2) is 18.2 Å².